The summed E-state index contributed by atoms with van der Waals surface area (Å²) in [5.41, 5.74) is 3.80. The van der Waals surface area contributed by atoms with Gasteiger partial charge in [0.15, 0.2) is 5.82 Å². The van der Waals surface area contributed by atoms with Crippen LogP contribution in [0.5, 0.6) is 0 Å². The summed E-state index contributed by atoms with van der Waals surface area (Å²) < 4.78 is 5.06. The molecule has 0 radical (unpaired) electrons. The minimum atomic E-state index is 0.356. The maximum absolute atomic E-state index is 5.42. The Bertz CT molecular complexity index is 517. The van der Waals surface area contributed by atoms with Crippen molar-refractivity contribution in [2.75, 3.05) is 24.5 Å². The molecule has 19 heavy (non-hydrogen) atoms. The molecular formula is C12H17N5OS. The number of rotatable bonds is 6. The Morgan fingerprint density at radius 3 is 2.95 bits per heavy atom. The van der Waals surface area contributed by atoms with E-state index < -0.39 is 0 Å². The largest absolute Gasteiger partial charge is 0.377 e. The van der Waals surface area contributed by atoms with E-state index in [1.165, 1.54) is 5.56 Å². The zero-order valence-corrected chi connectivity index (χ0v) is 11.8. The van der Waals surface area contributed by atoms with Crippen LogP contribution in [0.25, 0.3) is 0 Å². The van der Waals surface area contributed by atoms with Crippen LogP contribution in [0.2, 0.25) is 0 Å². The maximum atomic E-state index is 5.42. The Hall–Kier alpha value is -1.70. The minimum Gasteiger partial charge on any atom is -0.377 e. The lowest BCUT2D eigenvalue weighted by Gasteiger charge is -2.18. The highest BCUT2D eigenvalue weighted by molar-refractivity contribution is 7.07. The molecule has 0 saturated carbocycles. The molecule has 0 fully saturated rings. The number of methoxy groups -OCH3 is 1. The Morgan fingerprint density at radius 2 is 2.32 bits per heavy atom. The summed E-state index contributed by atoms with van der Waals surface area (Å²) in [6.45, 7) is 1.14. The van der Waals surface area contributed by atoms with E-state index in [1.807, 2.05) is 18.0 Å². The first-order chi connectivity index (χ1) is 9.22. The molecule has 0 atom stereocenters. The van der Waals surface area contributed by atoms with Gasteiger partial charge in [0.25, 0.3) is 0 Å². The topological polar surface area (TPSA) is 76.3 Å². The molecule has 0 aromatic carbocycles. The summed E-state index contributed by atoms with van der Waals surface area (Å²) in [7, 11) is 3.59. The van der Waals surface area contributed by atoms with Gasteiger partial charge in [-0.1, -0.05) is 0 Å². The molecule has 7 heteroatoms. The van der Waals surface area contributed by atoms with E-state index in [0.717, 1.165) is 12.4 Å². The fraction of sp³-hybridized carbons (Fsp3) is 0.333. The van der Waals surface area contributed by atoms with E-state index in [1.54, 1.807) is 18.4 Å². The predicted octanol–water partition coefficient (Wildman–Crippen LogP) is 1.61. The predicted molar refractivity (Wildman–Crippen MR) is 77.0 cm³/mol. The summed E-state index contributed by atoms with van der Waals surface area (Å²) in [4.78, 5) is 10.7. The summed E-state index contributed by atoms with van der Waals surface area (Å²) >= 11 is 1.68. The summed E-state index contributed by atoms with van der Waals surface area (Å²) in [5, 5.41) is 4.18. The van der Waals surface area contributed by atoms with Crippen LogP contribution >= 0.6 is 11.3 Å². The van der Waals surface area contributed by atoms with E-state index in [0.29, 0.717) is 18.2 Å². The highest BCUT2D eigenvalue weighted by atomic mass is 32.1. The summed E-state index contributed by atoms with van der Waals surface area (Å²) in [6, 6.07) is 3.91. The normalized spacial score (nSPS) is 10.5. The van der Waals surface area contributed by atoms with Crippen LogP contribution < -0.4 is 16.2 Å². The summed E-state index contributed by atoms with van der Waals surface area (Å²) in [5.74, 6) is 7.41. The van der Waals surface area contributed by atoms with Crippen LogP contribution in [0.1, 0.15) is 11.4 Å². The number of hydrogen-bond acceptors (Lipinski definition) is 7. The third-order valence-corrected chi connectivity index (χ3v) is 3.30. The number of thiophene rings is 1. The van der Waals surface area contributed by atoms with Gasteiger partial charge in [-0.25, -0.2) is 15.8 Å². The second-order valence-electron chi connectivity index (χ2n) is 4.09. The monoisotopic (exact) mass is 279 g/mol. The summed E-state index contributed by atoms with van der Waals surface area (Å²) in [6.07, 6.45) is 0. The van der Waals surface area contributed by atoms with E-state index in [-0.39, 0.29) is 0 Å². The fourth-order valence-electron chi connectivity index (χ4n) is 1.68. The van der Waals surface area contributed by atoms with Crippen LogP contribution in [0, 0.1) is 0 Å². The minimum absolute atomic E-state index is 0.356. The number of nitrogen functional groups attached to an aromatic ring is 1. The first-order valence-corrected chi connectivity index (χ1v) is 6.73. The number of nitrogens with one attached hydrogen (secondary N) is 1. The molecule has 6 nitrogen and oxygen atoms in total. The molecule has 2 heterocycles. The average Bonchev–Trinajstić information content (AvgIpc) is 2.91. The van der Waals surface area contributed by atoms with E-state index in [2.05, 4.69) is 32.2 Å². The third-order valence-electron chi connectivity index (χ3n) is 2.57. The van der Waals surface area contributed by atoms with Gasteiger partial charge in [-0.2, -0.15) is 11.3 Å². The Labute approximate surface area is 116 Å². The molecule has 0 spiro atoms. The highest BCUT2D eigenvalue weighted by Gasteiger charge is 2.09. The Kier molecular flexibility index (Phi) is 4.67. The number of nitrogens with two attached hydrogens (primary N) is 1. The molecule has 0 aliphatic heterocycles. The molecule has 2 aromatic rings. The lowest BCUT2D eigenvalue weighted by molar-refractivity contribution is 0.178. The first-order valence-electron chi connectivity index (χ1n) is 5.78. The Balaban J connectivity index is 2.19. The van der Waals surface area contributed by atoms with Crippen molar-refractivity contribution >= 4 is 23.0 Å². The van der Waals surface area contributed by atoms with Crippen LogP contribution in [-0.2, 0) is 17.9 Å². The fourth-order valence-corrected chi connectivity index (χ4v) is 2.34. The van der Waals surface area contributed by atoms with E-state index >= 15 is 0 Å². The molecule has 0 unspecified atom stereocenters. The number of ether oxygens (including phenoxy) is 1. The van der Waals surface area contributed by atoms with Gasteiger partial charge in [-0.3, -0.25) is 0 Å². The number of hydrogen-bond donors (Lipinski definition) is 2. The van der Waals surface area contributed by atoms with Crippen LogP contribution in [-0.4, -0.2) is 24.1 Å². The van der Waals surface area contributed by atoms with Crippen LogP contribution in [0.3, 0.4) is 0 Å². The molecule has 0 amide bonds. The molecule has 3 N–H and O–H groups in total. The quantitative estimate of drug-likeness (QED) is 0.618. The van der Waals surface area contributed by atoms with Crippen LogP contribution in [0.15, 0.2) is 22.9 Å². The van der Waals surface area contributed by atoms with Crippen LogP contribution in [0.4, 0.5) is 11.6 Å². The van der Waals surface area contributed by atoms with Gasteiger partial charge >= 0.3 is 0 Å². The van der Waals surface area contributed by atoms with Crippen molar-refractivity contribution in [3.05, 3.63) is 34.3 Å². The standard InChI is InChI=1S/C12H17N5OS/c1-17(6-9-3-4-19-8-9)12-5-10(16-13)14-11(15-12)7-18-2/h3-5,8H,6-7,13H2,1-2H3,(H,14,15,16). The number of aromatic nitrogens is 2. The molecule has 2 rings (SSSR count). The SMILES string of the molecule is COCc1nc(NN)cc(N(C)Cc2ccsc2)n1. The average molecular weight is 279 g/mol. The molecule has 102 valence electrons. The zero-order valence-electron chi connectivity index (χ0n) is 11.0. The molecular weight excluding hydrogens is 262 g/mol. The maximum Gasteiger partial charge on any atom is 0.158 e. The molecule has 0 aliphatic carbocycles. The lowest BCUT2D eigenvalue weighted by Crippen LogP contribution is -2.20. The van der Waals surface area contributed by atoms with Gasteiger partial charge < -0.3 is 15.1 Å². The van der Waals surface area contributed by atoms with Crippen molar-refractivity contribution in [3.8, 4) is 0 Å². The molecule has 2 aromatic heterocycles. The zero-order chi connectivity index (χ0) is 13.7. The lowest BCUT2D eigenvalue weighted by atomic mass is 10.3. The third kappa shape index (κ3) is 3.63. The van der Waals surface area contributed by atoms with Gasteiger partial charge in [0.05, 0.1) is 0 Å². The van der Waals surface area contributed by atoms with Crippen molar-refractivity contribution < 1.29 is 4.74 Å². The van der Waals surface area contributed by atoms with Gasteiger partial charge in [-0.05, 0) is 22.4 Å². The van der Waals surface area contributed by atoms with Crippen molar-refractivity contribution in [1.29, 1.82) is 0 Å². The number of anilines is 2. The van der Waals surface area contributed by atoms with E-state index in [9.17, 15) is 0 Å². The van der Waals surface area contributed by atoms with Gasteiger partial charge in [0.1, 0.15) is 18.2 Å². The second kappa shape index (κ2) is 6.46. The van der Waals surface area contributed by atoms with Gasteiger partial charge in [-0.15, -0.1) is 0 Å². The molecule has 0 saturated heterocycles. The van der Waals surface area contributed by atoms with Crippen molar-refractivity contribution in [1.82, 2.24) is 9.97 Å². The first kappa shape index (κ1) is 13.7. The van der Waals surface area contributed by atoms with Gasteiger partial charge in [0, 0.05) is 26.8 Å². The second-order valence-corrected chi connectivity index (χ2v) is 4.87. The number of nitrogens with zero attached hydrogens (tertiary/aromatic N) is 3. The van der Waals surface area contributed by atoms with E-state index in [4.69, 9.17) is 10.6 Å². The molecule has 0 bridgehead atoms. The molecule has 0 aliphatic rings. The highest BCUT2D eigenvalue weighted by Crippen LogP contribution is 2.18. The van der Waals surface area contributed by atoms with Crippen molar-refractivity contribution in [2.45, 2.75) is 13.2 Å². The number of hydrazine groups is 1. The van der Waals surface area contributed by atoms with Crippen molar-refractivity contribution in [2.24, 2.45) is 5.84 Å². The Morgan fingerprint density at radius 1 is 1.47 bits per heavy atom. The van der Waals surface area contributed by atoms with Crippen molar-refractivity contribution in [3.63, 3.8) is 0 Å². The smallest absolute Gasteiger partial charge is 0.158 e. The van der Waals surface area contributed by atoms with Gasteiger partial charge in [0.2, 0.25) is 0 Å².